The molecule has 0 heterocycles. The van der Waals surface area contributed by atoms with Crippen LogP contribution in [-0.2, 0) is 0 Å². The van der Waals surface area contributed by atoms with Gasteiger partial charge in [0.15, 0.2) is 0 Å². The summed E-state index contributed by atoms with van der Waals surface area (Å²) in [4.78, 5) is 0. The predicted octanol–water partition coefficient (Wildman–Crippen LogP) is 5.48. The SMILES string of the molecule is N=Pc1cccc2ccc3cc4ccccc4cc3c12. The van der Waals surface area contributed by atoms with Crippen LogP contribution in [0.25, 0.3) is 32.3 Å². The normalized spacial score (nSPS) is 11.6. The number of fused-ring (bicyclic) bond motifs is 4. The van der Waals surface area contributed by atoms with Crippen LogP contribution in [0.1, 0.15) is 0 Å². The fourth-order valence-electron chi connectivity index (χ4n) is 2.87. The lowest BCUT2D eigenvalue weighted by Crippen LogP contribution is -1.94. The smallest absolute Gasteiger partial charge is 0.0359 e. The number of hydrogen-bond donors (Lipinski definition) is 1. The minimum absolute atomic E-state index is 0.571. The highest BCUT2D eigenvalue weighted by atomic mass is 31.1. The van der Waals surface area contributed by atoms with Gasteiger partial charge < -0.3 is 0 Å². The Morgan fingerprint density at radius 3 is 2.15 bits per heavy atom. The van der Waals surface area contributed by atoms with Gasteiger partial charge in [-0.2, -0.15) is 0 Å². The number of nitrogens with one attached hydrogen (secondary N) is 1. The second kappa shape index (κ2) is 4.40. The predicted molar refractivity (Wildman–Crippen MR) is 88.2 cm³/mol. The molecule has 2 heteroatoms. The summed E-state index contributed by atoms with van der Waals surface area (Å²) in [6, 6.07) is 23.5. The van der Waals surface area contributed by atoms with Crippen molar-refractivity contribution in [1.29, 1.82) is 5.16 Å². The van der Waals surface area contributed by atoms with Crippen molar-refractivity contribution in [2.75, 3.05) is 0 Å². The molecule has 0 saturated heterocycles. The molecule has 0 aromatic heterocycles. The molecule has 0 spiro atoms. The summed E-state index contributed by atoms with van der Waals surface area (Å²) in [6.07, 6.45) is 0. The Kier molecular flexibility index (Phi) is 2.55. The van der Waals surface area contributed by atoms with Gasteiger partial charge in [0.2, 0.25) is 0 Å². The van der Waals surface area contributed by atoms with E-state index in [9.17, 15) is 0 Å². The molecule has 0 radical (unpaired) electrons. The van der Waals surface area contributed by atoms with Gasteiger partial charge in [-0.3, -0.25) is 5.16 Å². The standard InChI is InChI=1S/C18H12NP/c19-20-17-7-3-6-12-8-9-15-10-13-4-1-2-5-14(13)11-16(15)18(12)17/h1-11,19H. The molecular formula is C18H12NP. The van der Waals surface area contributed by atoms with Gasteiger partial charge in [0.1, 0.15) is 0 Å². The summed E-state index contributed by atoms with van der Waals surface area (Å²) in [5.74, 6) is 0. The average Bonchev–Trinajstić information content (AvgIpc) is 2.52. The van der Waals surface area contributed by atoms with Gasteiger partial charge in [-0.15, -0.1) is 0 Å². The zero-order valence-corrected chi connectivity index (χ0v) is 11.7. The first-order valence-electron chi connectivity index (χ1n) is 6.58. The summed E-state index contributed by atoms with van der Waals surface area (Å²) in [6.45, 7) is 0. The van der Waals surface area contributed by atoms with Gasteiger partial charge >= 0.3 is 0 Å². The molecule has 20 heavy (non-hydrogen) atoms. The molecule has 4 aromatic rings. The highest BCUT2D eigenvalue weighted by molar-refractivity contribution is 7.36. The van der Waals surface area contributed by atoms with Gasteiger partial charge in [0, 0.05) is 19.1 Å². The molecule has 0 amide bonds. The summed E-state index contributed by atoms with van der Waals surface area (Å²) < 4.78 is 0. The van der Waals surface area contributed by atoms with Crippen LogP contribution in [0.5, 0.6) is 0 Å². The van der Waals surface area contributed by atoms with Gasteiger partial charge in [0.25, 0.3) is 0 Å². The molecule has 0 atom stereocenters. The molecule has 0 aliphatic carbocycles. The highest BCUT2D eigenvalue weighted by Crippen LogP contribution is 2.29. The van der Waals surface area contributed by atoms with Crippen LogP contribution in [0.2, 0.25) is 0 Å². The Balaban J connectivity index is 2.28. The third kappa shape index (κ3) is 1.64. The summed E-state index contributed by atoms with van der Waals surface area (Å²) in [7, 11) is 0.571. The Hall–Kier alpha value is -2.24. The zero-order valence-electron chi connectivity index (χ0n) is 10.8. The second-order valence-electron chi connectivity index (χ2n) is 4.97. The number of rotatable bonds is 1. The lowest BCUT2D eigenvalue weighted by Gasteiger charge is -2.08. The van der Waals surface area contributed by atoms with E-state index in [0.29, 0.717) is 8.37 Å². The molecule has 4 rings (SSSR count). The van der Waals surface area contributed by atoms with Crippen molar-refractivity contribution in [1.82, 2.24) is 0 Å². The Morgan fingerprint density at radius 2 is 1.35 bits per heavy atom. The van der Waals surface area contributed by atoms with E-state index in [1.54, 1.807) is 0 Å². The first-order chi connectivity index (χ1) is 9.86. The Bertz CT molecular complexity index is 973. The van der Waals surface area contributed by atoms with Crippen molar-refractivity contribution >= 4 is 46.0 Å². The fourth-order valence-corrected chi connectivity index (χ4v) is 3.40. The van der Waals surface area contributed by atoms with E-state index >= 15 is 0 Å². The van der Waals surface area contributed by atoms with Crippen molar-refractivity contribution in [3.8, 4) is 0 Å². The number of benzene rings is 4. The van der Waals surface area contributed by atoms with Crippen LogP contribution in [0.3, 0.4) is 0 Å². The van der Waals surface area contributed by atoms with Crippen LogP contribution < -0.4 is 5.30 Å². The summed E-state index contributed by atoms with van der Waals surface area (Å²) in [5, 5.41) is 16.2. The topological polar surface area (TPSA) is 23.9 Å². The Labute approximate surface area is 118 Å². The maximum Gasteiger partial charge on any atom is 0.0359 e. The van der Waals surface area contributed by atoms with Gasteiger partial charge in [-0.25, -0.2) is 0 Å². The van der Waals surface area contributed by atoms with Crippen LogP contribution in [-0.4, -0.2) is 0 Å². The largest absolute Gasteiger partial charge is 0.279 e. The van der Waals surface area contributed by atoms with Crippen molar-refractivity contribution in [3.05, 3.63) is 66.7 Å². The lowest BCUT2D eigenvalue weighted by molar-refractivity contribution is 1.65. The summed E-state index contributed by atoms with van der Waals surface area (Å²) >= 11 is 0. The molecular weight excluding hydrogens is 261 g/mol. The Morgan fingerprint density at radius 1 is 0.650 bits per heavy atom. The van der Waals surface area contributed by atoms with Crippen molar-refractivity contribution < 1.29 is 0 Å². The van der Waals surface area contributed by atoms with E-state index in [2.05, 4.69) is 54.6 Å². The van der Waals surface area contributed by atoms with Gasteiger partial charge in [0.05, 0.1) is 0 Å². The van der Waals surface area contributed by atoms with Crippen LogP contribution >= 0.6 is 8.37 Å². The van der Waals surface area contributed by atoms with E-state index in [1.807, 2.05) is 12.1 Å². The quantitative estimate of drug-likeness (QED) is 0.270. The maximum atomic E-state index is 7.74. The fraction of sp³-hybridized carbons (Fsp3) is 0. The van der Waals surface area contributed by atoms with Crippen molar-refractivity contribution in [2.24, 2.45) is 0 Å². The van der Waals surface area contributed by atoms with E-state index in [4.69, 9.17) is 5.16 Å². The van der Waals surface area contributed by atoms with E-state index in [0.717, 1.165) is 5.30 Å². The number of hydrogen-bond acceptors (Lipinski definition) is 1. The highest BCUT2D eigenvalue weighted by Gasteiger charge is 2.06. The first kappa shape index (κ1) is 11.6. The molecule has 94 valence electrons. The molecule has 4 aromatic carbocycles. The lowest BCUT2D eigenvalue weighted by atomic mass is 9.98. The zero-order chi connectivity index (χ0) is 13.5. The monoisotopic (exact) mass is 273 g/mol. The van der Waals surface area contributed by atoms with Crippen molar-refractivity contribution in [3.63, 3.8) is 0 Å². The van der Waals surface area contributed by atoms with E-state index < -0.39 is 0 Å². The van der Waals surface area contributed by atoms with Crippen molar-refractivity contribution in [2.45, 2.75) is 0 Å². The van der Waals surface area contributed by atoms with Gasteiger partial charge in [-0.1, -0.05) is 48.5 Å². The average molecular weight is 273 g/mol. The molecule has 0 bridgehead atoms. The van der Waals surface area contributed by atoms with E-state index in [-0.39, 0.29) is 0 Å². The molecule has 0 unspecified atom stereocenters. The molecule has 0 aliphatic rings. The second-order valence-corrected chi connectivity index (χ2v) is 5.68. The minimum Gasteiger partial charge on any atom is -0.279 e. The first-order valence-corrected chi connectivity index (χ1v) is 7.48. The minimum atomic E-state index is 0.571. The van der Waals surface area contributed by atoms with Crippen LogP contribution in [0.4, 0.5) is 0 Å². The third-order valence-corrected chi connectivity index (χ3v) is 4.44. The molecule has 0 saturated carbocycles. The molecule has 1 nitrogen and oxygen atoms in total. The van der Waals surface area contributed by atoms with Gasteiger partial charge in [-0.05, 0) is 45.1 Å². The van der Waals surface area contributed by atoms with Crippen LogP contribution in [0.15, 0.2) is 66.7 Å². The molecule has 0 aliphatic heterocycles. The maximum absolute atomic E-state index is 7.74. The van der Waals surface area contributed by atoms with E-state index in [1.165, 1.54) is 32.3 Å². The molecule has 0 fully saturated rings. The third-order valence-electron chi connectivity index (χ3n) is 3.82. The van der Waals surface area contributed by atoms with Crippen LogP contribution in [0, 0.1) is 5.16 Å². The summed E-state index contributed by atoms with van der Waals surface area (Å²) in [5.41, 5.74) is 0. The molecule has 1 N–H and O–H groups in total.